The zero-order valence-electron chi connectivity index (χ0n) is 10.7. The van der Waals surface area contributed by atoms with E-state index in [1.54, 1.807) is 6.92 Å². The van der Waals surface area contributed by atoms with Crippen LogP contribution in [-0.2, 0) is 15.0 Å². The molecule has 1 aliphatic carbocycles. The van der Waals surface area contributed by atoms with Gasteiger partial charge in [-0.15, -0.1) is 0 Å². The zero-order chi connectivity index (χ0) is 13.5. The highest BCUT2D eigenvalue weighted by atomic mass is 32.2. The number of hydrogen-bond acceptors (Lipinski definition) is 3. The van der Waals surface area contributed by atoms with Crippen LogP contribution in [0.1, 0.15) is 19.8 Å². The topological polar surface area (TPSA) is 77.9 Å². The van der Waals surface area contributed by atoms with Gasteiger partial charge in [-0.25, -0.2) is 0 Å². The average Bonchev–Trinajstić information content (AvgIpc) is 3.05. The van der Waals surface area contributed by atoms with Crippen molar-refractivity contribution in [3.63, 3.8) is 0 Å². The number of rotatable bonds is 5. The molecule has 2 atom stereocenters. The Bertz CT molecular complexity index is 432. The standard InChI is InChI=1S/C11H20N2O4S/c1-3-12(2)18(16,17)13-6-9(8-4-5-8)10(7-13)11(14)15/h8-10H,3-7H2,1-2H3,(H,14,15)/t9-,10+/m1/s1. The number of carbonyl (C=O) groups is 1. The van der Waals surface area contributed by atoms with Crippen LogP contribution in [0.25, 0.3) is 0 Å². The molecular weight excluding hydrogens is 256 g/mol. The van der Waals surface area contributed by atoms with E-state index >= 15 is 0 Å². The van der Waals surface area contributed by atoms with Crippen molar-refractivity contribution in [2.75, 3.05) is 26.7 Å². The largest absolute Gasteiger partial charge is 0.481 e. The van der Waals surface area contributed by atoms with Gasteiger partial charge < -0.3 is 5.11 Å². The summed E-state index contributed by atoms with van der Waals surface area (Å²) in [5, 5.41) is 9.20. The molecule has 2 aliphatic rings. The number of carboxylic acid groups (broad SMARTS) is 1. The molecule has 18 heavy (non-hydrogen) atoms. The van der Waals surface area contributed by atoms with E-state index in [4.69, 9.17) is 0 Å². The number of hydrogen-bond donors (Lipinski definition) is 1. The molecule has 2 fully saturated rings. The van der Waals surface area contributed by atoms with Crippen LogP contribution in [0, 0.1) is 17.8 Å². The quantitative estimate of drug-likeness (QED) is 0.779. The van der Waals surface area contributed by atoms with E-state index in [-0.39, 0.29) is 12.5 Å². The molecule has 0 bridgehead atoms. The smallest absolute Gasteiger partial charge is 0.308 e. The van der Waals surface area contributed by atoms with Gasteiger partial charge in [0, 0.05) is 26.7 Å². The lowest BCUT2D eigenvalue weighted by Gasteiger charge is -2.22. The molecule has 0 amide bonds. The summed E-state index contributed by atoms with van der Waals surface area (Å²) in [6.07, 6.45) is 2.07. The van der Waals surface area contributed by atoms with Crippen LogP contribution in [0.3, 0.4) is 0 Å². The van der Waals surface area contributed by atoms with E-state index in [1.165, 1.54) is 15.7 Å². The maximum absolute atomic E-state index is 12.2. The van der Waals surface area contributed by atoms with Gasteiger partial charge in [0.15, 0.2) is 0 Å². The second-order valence-electron chi connectivity index (χ2n) is 5.18. The molecule has 0 aromatic carbocycles. The van der Waals surface area contributed by atoms with Gasteiger partial charge in [-0.2, -0.15) is 17.0 Å². The van der Waals surface area contributed by atoms with Gasteiger partial charge in [0.05, 0.1) is 5.92 Å². The second kappa shape index (κ2) is 4.79. The average molecular weight is 276 g/mol. The Morgan fingerprint density at radius 2 is 2.00 bits per heavy atom. The van der Waals surface area contributed by atoms with Crippen LogP contribution in [-0.4, -0.2) is 54.8 Å². The Morgan fingerprint density at radius 1 is 1.39 bits per heavy atom. The highest BCUT2D eigenvalue weighted by Crippen LogP contribution is 2.44. The molecule has 0 radical (unpaired) electrons. The summed E-state index contributed by atoms with van der Waals surface area (Å²) in [6.45, 7) is 2.63. The maximum Gasteiger partial charge on any atom is 0.308 e. The summed E-state index contributed by atoms with van der Waals surface area (Å²) in [7, 11) is -1.97. The Balaban J connectivity index is 2.15. The fourth-order valence-electron chi connectivity index (χ4n) is 2.60. The minimum atomic E-state index is -3.49. The van der Waals surface area contributed by atoms with Gasteiger partial charge in [0.25, 0.3) is 10.2 Å². The fraction of sp³-hybridized carbons (Fsp3) is 0.909. The van der Waals surface area contributed by atoms with Crippen molar-refractivity contribution >= 4 is 16.2 Å². The van der Waals surface area contributed by atoms with E-state index < -0.39 is 22.1 Å². The summed E-state index contributed by atoms with van der Waals surface area (Å²) < 4.78 is 27.0. The predicted molar refractivity (Wildman–Crippen MR) is 66.1 cm³/mol. The molecule has 0 aromatic heterocycles. The van der Waals surface area contributed by atoms with Crippen molar-refractivity contribution in [1.82, 2.24) is 8.61 Å². The molecule has 0 unspecified atom stereocenters. The van der Waals surface area contributed by atoms with E-state index in [2.05, 4.69) is 0 Å². The lowest BCUT2D eigenvalue weighted by Crippen LogP contribution is -2.41. The highest BCUT2D eigenvalue weighted by molar-refractivity contribution is 7.86. The van der Waals surface area contributed by atoms with Crippen LogP contribution in [0.15, 0.2) is 0 Å². The predicted octanol–water partition coefficient (Wildman–Crippen LogP) is 0.226. The third kappa shape index (κ3) is 2.39. The van der Waals surface area contributed by atoms with Gasteiger partial charge >= 0.3 is 5.97 Å². The van der Waals surface area contributed by atoms with E-state index in [0.717, 1.165) is 12.8 Å². The fourth-order valence-corrected chi connectivity index (χ4v) is 4.03. The number of aliphatic carboxylic acids is 1. The van der Waals surface area contributed by atoms with Crippen LogP contribution in [0.2, 0.25) is 0 Å². The van der Waals surface area contributed by atoms with Gasteiger partial charge in [0.1, 0.15) is 0 Å². The maximum atomic E-state index is 12.2. The van der Waals surface area contributed by atoms with Crippen molar-refractivity contribution in [2.45, 2.75) is 19.8 Å². The normalized spacial score (nSPS) is 29.9. The van der Waals surface area contributed by atoms with E-state index in [0.29, 0.717) is 19.0 Å². The first-order valence-electron chi connectivity index (χ1n) is 6.32. The minimum Gasteiger partial charge on any atom is -0.481 e. The summed E-state index contributed by atoms with van der Waals surface area (Å²) in [6, 6.07) is 0. The van der Waals surface area contributed by atoms with Crippen molar-refractivity contribution in [3.05, 3.63) is 0 Å². The molecule has 1 aliphatic heterocycles. The molecule has 2 rings (SSSR count). The third-order valence-corrected chi connectivity index (χ3v) is 6.04. The van der Waals surface area contributed by atoms with E-state index in [1.807, 2.05) is 0 Å². The third-order valence-electron chi connectivity index (χ3n) is 4.04. The first kappa shape index (κ1) is 13.8. The summed E-state index contributed by atoms with van der Waals surface area (Å²) >= 11 is 0. The lowest BCUT2D eigenvalue weighted by molar-refractivity contribution is -0.142. The molecule has 0 spiro atoms. The van der Waals surface area contributed by atoms with E-state index in [9.17, 15) is 18.3 Å². The Morgan fingerprint density at radius 3 is 2.44 bits per heavy atom. The SMILES string of the molecule is CCN(C)S(=O)(=O)N1C[C@H](C(=O)O)[C@@H](C2CC2)C1. The second-order valence-corrected chi connectivity index (χ2v) is 7.22. The van der Waals surface area contributed by atoms with Crippen LogP contribution in [0.4, 0.5) is 0 Å². The molecule has 1 heterocycles. The molecular formula is C11H20N2O4S. The van der Waals surface area contributed by atoms with Gasteiger partial charge in [-0.05, 0) is 24.7 Å². The molecule has 104 valence electrons. The summed E-state index contributed by atoms with van der Waals surface area (Å²) in [4.78, 5) is 11.2. The first-order valence-corrected chi connectivity index (χ1v) is 7.71. The molecule has 6 nitrogen and oxygen atoms in total. The van der Waals surface area contributed by atoms with Crippen molar-refractivity contribution < 1.29 is 18.3 Å². The summed E-state index contributed by atoms with van der Waals surface area (Å²) in [5.41, 5.74) is 0. The van der Waals surface area contributed by atoms with Crippen molar-refractivity contribution in [2.24, 2.45) is 17.8 Å². The van der Waals surface area contributed by atoms with Gasteiger partial charge in [-0.3, -0.25) is 4.79 Å². The van der Waals surface area contributed by atoms with Gasteiger partial charge in [0.2, 0.25) is 0 Å². The monoisotopic (exact) mass is 276 g/mol. The summed E-state index contributed by atoms with van der Waals surface area (Å²) in [5.74, 6) is -1.03. The lowest BCUT2D eigenvalue weighted by atomic mass is 9.92. The molecule has 1 saturated carbocycles. The Hall–Kier alpha value is -0.660. The van der Waals surface area contributed by atoms with Crippen molar-refractivity contribution in [3.8, 4) is 0 Å². The molecule has 7 heteroatoms. The molecule has 1 saturated heterocycles. The van der Waals surface area contributed by atoms with Gasteiger partial charge in [-0.1, -0.05) is 6.92 Å². The van der Waals surface area contributed by atoms with Crippen molar-refractivity contribution in [1.29, 1.82) is 0 Å². The number of nitrogens with zero attached hydrogens (tertiary/aromatic N) is 2. The van der Waals surface area contributed by atoms with Crippen LogP contribution < -0.4 is 0 Å². The molecule has 0 aromatic rings. The zero-order valence-corrected chi connectivity index (χ0v) is 11.6. The Labute approximate surface area is 108 Å². The first-order chi connectivity index (χ1) is 8.37. The highest BCUT2D eigenvalue weighted by Gasteiger charge is 2.49. The van der Waals surface area contributed by atoms with Crippen LogP contribution in [0.5, 0.6) is 0 Å². The minimum absolute atomic E-state index is 0.0115. The van der Waals surface area contributed by atoms with Crippen LogP contribution >= 0.6 is 0 Å². The molecule has 1 N–H and O–H groups in total. The Kier molecular flexibility index (Phi) is 3.66. The number of carboxylic acids is 1.